The van der Waals surface area contributed by atoms with Crippen LogP contribution >= 0.6 is 0 Å². The lowest BCUT2D eigenvalue weighted by Crippen LogP contribution is -2.46. The SMILES string of the molecule is Cc1ccc(C(=O)N2CCC(NC(=O)c3ccccc3N)CC2)cc1. The molecule has 3 N–H and O–H groups in total. The Morgan fingerprint density at radius 3 is 2.32 bits per heavy atom. The summed E-state index contributed by atoms with van der Waals surface area (Å²) in [7, 11) is 0. The van der Waals surface area contributed by atoms with Crippen molar-refractivity contribution in [2.24, 2.45) is 0 Å². The van der Waals surface area contributed by atoms with Crippen LogP contribution in [0.4, 0.5) is 5.69 Å². The van der Waals surface area contributed by atoms with Crippen LogP contribution < -0.4 is 11.1 Å². The Kier molecular flexibility index (Phi) is 5.03. The third-order valence-electron chi connectivity index (χ3n) is 4.62. The van der Waals surface area contributed by atoms with E-state index in [4.69, 9.17) is 5.73 Å². The lowest BCUT2D eigenvalue weighted by Gasteiger charge is -2.32. The number of benzene rings is 2. The Balaban J connectivity index is 1.55. The van der Waals surface area contributed by atoms with Crippen LogP contribution in [0.5, 0.6) is 0 Å². The maximum atomic E-state index is 12.5. The van der Waals surface area contributed by atoms with Gasteiger partial charge in [0.05, 0.1) is 5.56 Å². The summed E-state index contributed by atoms with van der Waals surface area (Å²) in [4.78, 5) is 26.7. The standard InChI is InChI=1S/C20H23N3O2/c1-14-6-8-15(9-7-14)20(25)23-12-10-16(11-13-23)22-19(24)17-4-2-3-5-18(17)21/h2-9,16H,10-13,21H2,1H3,(H,22,24). The average molecular weight is 337 g/mol. The zero-order chi connectivity index (χ0) is 17.8. The van der Waals surface area contributed by atoms with Crippen molar-refractivity contribution in [3.05, 3.63) is 65.2 Å². The number of aryl methyl sites for hydroxylation is 1. The summed E-state index contributed by atoms with van der Waals surface area (Å²) < 4.78 is 0. The molecule has 2 aromatic carbocycles. The largest absolute Gasteiger partial charge is 0.398 e. The zero-order valence-corrected chi connectivity index (χ0v) is 14.4. The Morgan fingerprint density at radius 2 is 1.68 bits per heavy atom. The van der Waals surface area contributed by atoms with Gasteiger partial charge in [-0.25, -0.2) is 0 Å². The summed E-state index contributed by atoms with van der Waals surface area (Å²) in [6, 6.07) is 14.7. The van der Waals surface area contributed by atoms with Crippen LogP contribution in [0.25, 0.3) is 0 Å². The summed E-state index contributed by atoms with van der Waals surface area (Å²) in [5.41, 5.74) is 8.68. The molecule has 2 aromatic rings. The predicted molar refractivity (Wildman–Crippen MR) is 98.4 cm³/mol. The maximum absolute atomic E-state index is 12.5. The van der Waals surface area contributed by atoms with Gasteiger partial charge in [-0.1, -0.05) is 29.8 Å². The fraction of sp³-hybridized carbons (Fsp3) is 0.300. The van der Waals surface area contributed by atoms with E-state index in [1.54, 1.807) is 24.3 Å². The van der Waals surface area contributed by atoms with Crippen molar-refractivity contribution in [1.29, 1.82) is 0 Å². The number of nitrogen functional groups attached to an aromatic ring is 1. The topological polar surface area (TPSA) is 75.4 Å². The lowest BCUT2D eigenvalue weighted by molar-refractivity contribution is 0.0698. The van der Waals surface area contributed by atoms with Crippen molar-refractivity contribution in [2.45, 2.75) is 25.8 Å². The molecule has 1 fully saturated rings. The maximum Gasteiger partial charge on any atom is 0.253 e. The minimum absolute atomic E-state index is 0.0529. The smallest absolute Gasteiger partial charge is 0.253 e. The van der Waals surface area contributed by atoms with Gasteiger partial charge in [-0.2, -0.15) is 0 Å². The second-order valence-electron chi connectivity index (χ2n) is 6.49. The van der Waals surface area contributed by atoms with Crippen molar-refractivity contribution < 1.29 is 9.59 Å². The molecule has 5 nitrogen and oxygen atoms in total. The van der Waals surface area contributed by atoms with Gasteiger partial charge in [0.1, 0.15) is 0 Å². The highest BCUT2D eigenvalue weighted by atomic mass is 16.2. The van der Waals surface area contributed by atoms with Crippen molar-refractivity contribution in [3.63, 3.8) is 0 Å². The monoisotopic (exact) mass is 337 g/mol. The Labute approximate surface area is 147 Å². The first-order valence-corrected chi connectivity index (χ1v) is 8.56. The van der Waals surface area contributed by atoms with E-state index in [0.717, 1.165) is 18.4 Å². The molecule has 25 heavy (non-hydrogen) atoms. The molecule has 0 bridgehead atoms. The van der Waals surface area contributed by atoms with E-state index in [-0.39, 0.29) is 17.9 Å². The van der Waals surface area contributed by atoms with Crippen molar-refractivity contribution in [2.75, 3.05) is 18.8 Å². The van der Waals surface area contributed by atoms with Gasteiger partial charge in [-0.3, -0.25) is 9.59 Å². The number of anilines is 1. The van der Waals surface area contributed by atoms with Crippen molar-refractivity contribution in [3.8, 4) is 0 Å². The van der Waals surface area contributed by atoms with Crippen LogP contribution in [0, 0.1) is 6.92 Å². The molecule has 1 aliphatic heterocycles. The first kappa shape index (κ1) is 17.0. The van der Waals surface area contributed by atoms with Crippen LogP contribution in [-0.4, -0.2) is 35.8 Å². The summed E-state index contributed by atoms with van der Waals surface area (Å²) in [5.74, 6) is -0.0986. The van der Waals surface area contributed by atoms with E-state index in [1.165, 1.54) is 0 Å². The van der Waals surface area contributed by atoms with Crippen molar-refractivity contribution >= 4 is 17.5 Å². The van der Waals surface area contributed by atoms with Gasteiger partial charge in [0.2, 0.25) is 0 Å². The second kappa shape index (κ2) is 7.38. The van der Waals surface area contributed by atoms with Crippen molar-refractivity contribution in [1.82, 2.24) is 10.2 Å². The molecule has 130 valence electrons. The minimum atomic E-state index is -0.151. The number of nitrogens with zero attached hydrogens (tertiary/aromatic N) is 1. The zero-order valence-electron chi connectivity index (χ0n) is 14.4. The molecule has 1 heterocycles. The number of carbonyl (C=O) groups is 2. The summed E-state index contributed by atoms with van der Waals surface area (Å²) in [6.45, 7) is 3.28. The molecule has 0 saturated carbocycles. The number of nitrogens with two attached hydrogens (primary N) is 1. The molecular formula is C20H23N3O2. The number of piperidine rings is 1. The van der Waals surface area contributed by atoms with Crippen LogP contribution in [0.2, 0.25) is 0 Å². The summed E-state index contributed by atoms with van der Waals surface area (Å²) in [5, 5.41) is 3.03. The minimum Gasteiger partial charge on any atom is -0.398 e. The highest BCUT2D eigenvalue weighted by molar-refractivity contribution is 5.99. The van der Waals surface area contributed by atoms with Crippen LogP contribution in [0.15, 0.2) is 48.5 Å². The number of para-hydroxylation sites is 1. The molecule has 1 aliphatic rings. The summed E-state index contributed by atoms with van der Waals surface area (Å²) >= 11 is 0. The molecule has 1 saturated heterocycles. The number of amides is 2. The molecule has 3 rings (SSSR count). The highest BCUT2D eigenvalue weighted by Crippen LogP contribution is 2.16. The van der Waals surface area contributed by atoms with E-state index >= 15 is 0 Å². The molecule has 0 unspecified atom stereocenters. The first-order chi connectivity index (χ1) is 12.0. The van der Waals surface area contributed by atoms with Gasteiger partial charge in [0, 0.05) is 30.4 Å². The van der Waals surface area contributed by atoms with Gasteiger partial charge in [0.15, 0.2) is 0 Å². The van der Waals surface area contributed by atoms with Crippen LogP contribution in [0.1, 0.15) is 39.1 Å². The first-order valence-electron chi connectivity index (χ1n) is 8.56. The quantitative estimate of drug-likeness (QED) is 0.846. The number of rotatable bonds is 3. The highest BCUT2D eigenvalue weighted by Gasteiger charge is 2.25. The summed E-state index contributed by atoms with van der Waals surface area (Å²) in [6.07, 6.45) is 1.49. The predicted octanol–water partition coefficient (Wildman–Crippen LogP) is 2.61. The fourth-order valence-electron chi connectivity index (χ4n) is 3.07. The molecular weight excluding hydrogens is 314 g/mol. The fourth-order valence-corrected chi connectivity index (χ4v) is 3.07. The third kappa shape index (κ3) is 3.99. The molecule has 0 aromatic heterocycles. The van der Waals surface area contributed by atoms with Crippen LogP contribution in [-0.2, 0) is 0 Å². The van der Waals surface area contributed by atoms with E-state index in [2.05, 4.69) is 5.32 Å². The number of likely N-dealkylation sites (tertiary alicyclic amines) is 1. The molecule has 0 atom stereocenters. The second-order valence-corrected chi connectivity index (χ2v) is 6.49. The normalized spacial score (nSPS) is 15.0. The number of carbonyl (C=O) groups excluding carboxylic acids is 2. The Hall–Kier alpha value is -2.82. The van der Waals surface area contributed by atoms with Gasteiger partial charge >= 0.3 is 0 Å². The van der Waals surface area contributed by atoms with Gasteiger partial charge in [0.25, 0.3) is 11.8 Å². The van der Waals surface area contributed by atoms with Gasteiger partial charge in [-0.15, -0.1) is 0 Å². The van der Waals surface area contributed by atoms with Crippen LogP contribution in [0.3, 0.4) is 0 Å². The van der Waals surface area contributed by atoms with E-state index in [9.17, 15) is 9.59 Å². The number of hydrogen-bond donors (Lipinski definition) is 2. The number of nitrogens with one attached hydrogen (secondary N) is 1. The Bertz CT molecular complexity index is 763. The lowest BCUT2D eigenvalue weighted by atomic mass is 10.0. The van der Waals surface area contributed by atoms with Gasteiger partial charge < -0.3 is 16.0 Å². The molecule has 0 spiro atoms. The molecule has 5 heteroatoms. The van der Waals surface area contributed by atoms with E-state index < -0.39 is 0 Å². The third-order valence-corrected chi connectivity index (χ3v) is 4.62. The number of hydrogen-bond acceptors (Lipinski definition) is 3. The van der Waals surface area contributed by atoms with E-state index in [0.29, 0.717) is 29.9 Å². The molecule has 0 radical (unpaired) electrons. The molecule has 0 aliphatic carbocycles. The average Bonchev–Trinajstić information content (AvgIpc) is 2.63. The Morgan fingerprint density at radius 1 is 1.04 bits per heavy atom. The van der Waals surface area contributed by atoms with Gasteiger partial charge in [-0.05, 0) is 44.0 Å². The molecule has 2 amide bonds. The van der Waals surface area contributed by atoms with E-state index in [1.807, 2.05) is 36.1 Å².